The van der Waals surface area contributed by atoms with Crippen LogP contribution in [0.3, 0.4) is 0 Å². The summed E-state index contributed by atoms with van der Waals surface area (Å²) in [5.74, 6) is 0.470. The molecular formula is C16H20N4O2S. The largest absolute Gasteiger partial charge is 0.355 e. The molecule has 1 aromatic heterocycles. The number of hydrogen-bond acceptors (Lipinski definition) is 4. The van der Waals surface area contributed by atoms with Crippen molar-refractivity contribution in [3.8, 4) is 0 Å². The highest BCUT2D eigenvalue weighted by Gasteiger charge is 2.28. The van der Waals surface area contributed by atoms with Crippen LogP contribution >= 0.6 is 12.6 Å². The monoisotopic (exact) mass is 332 g/mol. The highest BCUT2D eigenvalue weighted by atomic mass is 32.1. The molecule has 1 saturated heterocycles. The molecule has 6 nitrogen and oxygen atoms in total. The number of likely N-dealkylation sites (tertiary alicyclic amines) is 1. The first-order valence-corrected chi connectivity index (χ1v) is 8.43. The third kappa shape index (κ3) is 3.50. The minimum absolute atomic E-state index is 0.0156. The number of carbonyl (C=O) groups is 2. The van der Waals surface area contributed by atoms with Crippen LogP contribution in [0.5, 0.6) is 0 Å². The van der Waals surface area contributed by atoms with E-state index in [2.05, 4.69) is 28.1 Å². The van der Waals surface area contributed by atoms with Crippen molar-refractivity contribution in [2.45, 2.75) is 12.8 Å². The summed E-state index contributed by atoms with van der Waals surface area (Å²) in [5, 5.41) is 10.6. The van der Waals surface area contributed by atoms with Crippen molar-refractivity contribution in [1.82, 2.24) is 20.4 Å². The van der Waals surface area contributed by atoms with E-state index in [-0.39, 0.29) is 17.7 Å². The van der Waals surface area contributed by atoms with Gasteiger partial charge in [0.05, 0.1) is 17.6 Å². The lowest BCUT2D eigenvalue weighted by Crippen LogP contribution is -2.45. The lowest BCUT2D eigenvalue weighted by molar-refractivity contribution is -0.126. The van der Waals surface area contributed by atoms with Gasteiger partial charge < -0.3 is 10.2 Å². The number of thiol groups is 1. The molecule has 1 aliphatic rings. The zero-order valence-electron chi connectivity index (χ0n) is 12.8. The second-order valence-electron chi connectivity index (χ2n) is 5.78. The number of rotatable bonds is 4. The number of benzene rings is 1. The molecule has 0 spiro atoms. The molecule has 1 fully saturated rings. The summed E-state index contributed by atoms with van der Waals surface area (Å²) < 4.78 is 0. The van der Waals surface area contributed by atoms with Gasteiger partial charge in [0.2, 0.25) is 5.91 Å². The Balaban J connectivity index is 1.70. The Morgan fingerprint density at radius 3 is 3.13 bits per heavy atom. The predicted molar refractivity (Wildman–Crippen MR) is 91.6 cm³/mol. The lowest BCUT2D eigenvalue weighted by atomic mass is 9.96. The van der Waals surface area contributed by atoms with Crippen molar-refractivity contribution in [1.29, 1.82) is 0 Å². The van der Waals surface area contributed by atoms with Gasteiger partial charge in [-0.2, -0.15) is 17.7 Å². The highest BCUT2D eigenvalue weighted by Crippen LogP contribution is 2.20. The SMILES string of the molecule is O=C(NCCS)C1CCCN(C(=O)c2ccc3[nH]ncc3c2)C1. The molecule has 1 aromatic carbocycles. The molecular weight excluding hydrogens is 312 g/mol. The molecule has 0 radical (unpaired) electrons. The van der Waals surface area contributed by atoms with E-state index in [4.69, 9.17) is 0 Å². The van der Waals surface area contributed by atoms with Crippen LogP contribution in [0.4, 0.5) is 0 Å². The summed E-state index contributed by atoms with van der Waals surface area (Å²) in [6.45, 7) is 1.73. The fraction of sp³-hybridized carbons (Fsp3) is 0.438. The Morgan fingerprint density at radius 1 is 1.43 bits per heavy atom. The van der Waals surface area contributed by atoms with E-state index < -0.39 is 0 Å². The second kappa shape index (κ2) is 7.04. The zero-order chi connectivity index (χ0) is 16.2. The first kappa shape index (κ1) is 15.9. The van der Waals surface area contributed by atoms with Crippen LogP contribution in [0.25, 0.3) is 10.9 Å². The Kier molecular flexibility index (Phi) is 4.85. The van der Waals surface area contributed by atoms with Crippen molar-refractivity contribution in [3.63, 3.8) is 0 Å². The van der Waals surface area contributed by atoms with Gasteiger partial charge in [0.15, 0.2) is 0 Å². The standard InChI is InChI=1S/C16H20N4O2S/c21-15(17-5-7-23)12-2-1-6-20(10-12)16(22)11-3-4-14-13(8-11)9-18-19-14/h3-4,8-9,12,23H,1-2,5-7,10H2,(H,17,21)(H,18,19). The van der Waals surface area contributed by atoms with Crippen LogP contribution in [0.1, 0.15) is 23.2 Å². The summed E-state index contributed by atoms with van der Waals surface area (Å²) in [4.78, 5) is 26.6. The number of fused-ring (bicyclic) bond motifs is 1. The summed E-state index contributed by atoms with van der Waals surface area (Å²) in [7, 11) is 0. The molecule has 2 amide bonds. The average molecular weight is 332 g/mol. The number of hydrogen-bond donors (Lipinski definition) is 3. The molecule has 23 heavy (non-hydrogen) atoms. The van der Waals surface area contributed by atoms with Crippen molar-refractivity contribution >= 4 is 35.3 Å². The maximum Gasteiger partial charge on any atom is 0.253 e. The van der Waals surface area contributed by atoms with Crippen molar-refractivity contribution in [2.24, 2.45) is 5.92 Å². The van der Waals surface area contributed by atoms with Gasteiger partial charge in [-0.15, -0.1) is 0 Å². The van der Waals surface area contributed by atoms with E-state index in [0.717, 1.165) is 23.7 Å². The van der Waals surface area contributed by atoms with E-state index in [0.29, 0.717) is 31.0 Å². The van der Waals surface area contributed by atoms with E-state index in [9.17, 15) is 9.59 Å². The smallest absolute Gasteiger partial charge is 0.253 e. The van der Waals surface area contributed by atoms with Crippen LogP contribution in [-0.4, -0.2) is 52.3 Å². The first-order chi connectivity index (χ1) is 11.2. The minimum atomic E-state index is -0.134. The molecule has 2 N–H and O–H groups in total. The average Bonchev–Trinajstić information content (AvgIpc) is 3.06. The van der Waals surface area contributed by atoms with Crippen LogP contribution in [0.15, 0.2) is 24.4 Å². The van der Waals surface area contributed by atoms with E-state index >= 15 is 0 Å². The Hall–Kier alpha value is -2.02. The number of nitrogens with one attached hydrogen (secondary N) is 2. The van der Waals surface area contributed by atoms with Gasteiger partial charge in [-0.1, -0.05) is 0 Å². The number of aromatic nitrogens is 2. The number of carbonyl (C=O) groups excluding carboxylic acids is 2. The van der Waals surface area contributed by atoms with Crippen LogP contribution in [0.2, 0.25) is 0 Å². The van der Waals surface area contributed by atoms with Gasteiger partial charge in [0, 0.05) is 36.3 Å². The van der Waals surface area contributed by atoms with Gasteiger partial charge in [-0.05, 0) is 31.0 Å². The molecule has 7 heteroatoms. The van der Waals surface area contributed by atoms with Crippen molar-refractivity contribution in [2.75, 3.05) is 25.4 Å². The fourth-order valence-electron chi connectivity index (χ4n) is 2.96. The van der Waals surface area contributed by atoms with Gasteiger partial charge in [0.1, 0.15) is 0 Å². The van der Waals surface area contributed by atoms with Crippen LogP contribution < -0.4 is 5.32 Å². The molecule has 2 aromatic rings. The van der Waals surface area contributed by atoms with Gasteiger partial charge in [-0.25, -0.2) is 0 Å². The Morgan fingerprint density at radius 2 is 2.30 bits per heavy atom. The lowest BCUT2D eigenvalue weighted by Gasteiger charge is -2.32. The number of H-pyrrole nitrogens is 1. The number of amides is 2. The number of nitrogens with zero attached hydrogens (tertiary/aromatic N) is 2. The third-order valence-electron chi connectivity index (χ3n) is 4.18. The zero-order valence-corrected chi connectivity index (χ0v) is 13.7. The van der Waals surface area contributed by atoms with Crippen LogP contribution in [-0.2, 0) is 4.79 Å². The molecule has 3 rings (SSSR count). The molecule has 1 unspecified atom stereocenters. The van der Waals surface area contributed by atoms with Crippen molar-refractivity contribution < 1.29 is 9.59 Å². The topological polar surface area (TPSA) is 78.1 Å². The molecule has 1 atom stereocenters. The van der Waals surface area contributed by atoms with E-state index in [1.54, 1.807) is 17.2 Å². The highest BCUT2D eigenvalue weighted by molar-refractivity contribution is 7.80. The number of aromatic amines is 1. The maximum atomic E-state index is 12.7. The number of piperidine rings is 1. The van der Waals surface area contributed by atoms with Gasteiger partial charge in [0.25, 0.3) is 5.91 Å². The quantitative estimate of drug-likeness (QED) is 0.742. The molecule has 1 aliphatic heterocycles. The minimum Gasteiger partial charge on any atom is -0.355 e. The molecule has 2 heterocycles. The third-order valence-corrected chi connectivity index (χ3v) is 4.40. The predicted octanol–water partition coefficient (Wildman–Crippen LogP) is 1.46. The summed E-state index contributed by atoms with van der Waals surface area (Å²) in [5.41, 5.74) is 1.54. The molecule has 122 valence electrons. The van der Waals surface area contributed by atoms with Gasteiger partial charge in [-0.3, -0.25) is 14.7 Å². The normalized spacial score (nSPS) is 18.1. The van der Waals surface area contributed by atoms with Crippen molar-refractivity contribution in [3.05, 3.63) is 30.0 Å². The summed E-state index contributed by atoms with van der Waals surface area (Å²) in [6.07, 6.45) is 3.37. The maximum absolute atomic E-state index is 12.7. The summed E-state index contributed by atoms with van der Waals surface area (Å²) >= 11 is 4.09. The first-order valence-electron chi connectivity index (χ1n) is 7.80. The van der Waals surface area contributed by atoms with E-state index in [1.165, 1.54) is 0 Å². The molecule has 0 saturated carbocycles. The Bertz CT molecular complexity index is 715. The second-order valence-corrected chi connectivity index (χ2v) is 6.22. The fourth-order valence-corrected chi connectivity index (χ4v) is 3.07. The summed E-state index contributed by atoms with van der Waals surface area (Å²) in [6, 6.07) is 5.50. The van der Waals surface area contributed by atoms with E-state index in [1.807, 2.05) is 12.1 Å². The molecule has 0 aliphatic carbocycles. The van der Waals surface area contributed by atoms with Gasteiger partial charge >= 0.3 is 0 Å². The molecule has 0 bridgehead atoms. The van der Waals surface area contributed by atoms with Crippen LogP contribution in [0, 0.1) is 5.92 Å². The Labute approximate surface area is 140 Å².